The van der Waals surface area contributed by atoms with E-state index in [0.29, 0.717) is 5.15 Å². The number of fused-ring (bicyclic) bond motifs is 1. The molecule has 1 heterocycles. The van der Waals surface area contributed by atoms with Crippen molar-refractivity contribution in [2.75, 3.05) is 0 Å². The predicted molar refractivity (Wildman–Crippen MR) is 70.1 cm³/mol. The molecule has 16 heavy (non-hydrogen) atoms. The summed E-state index contributed by atoms with van der Waals surface area (Å²) in [7, 11) is 0. The van der Waals surface area contributed by atoms with Crippen LogP contribution in [0.4, 0.5) is 0 Å². The fourth-order valence-electron chi connectivity index (χ4n) is 2.18. The molecular weight excluding hydrogens is 218 g/mol. The van der Waals surface area contributed by atoms with Gasteiger partial charge in [-0.05, 0) is 30.0 Å². The molecule has 0 unspecified atom stereocenters. The van der Waals surface area contributed by atoms with Crippen molar-refractivity contribution < 1.29 is 0 Å². The molecule has 0 aliphatic rings. The maximum Gasteiger partial charge on any atom is 0.133 e. The molecule has 2 heteroatoms. The van der Waals surface area contributed by atoms with Crippen molar-refractivity contribution in [3.8, 4) is 0 Å². The lowest BCUT2D eigenvalue weighted by atomic mass is 9.98. The first-order valence-corrected chi connectivity index (χ1v) is 6.21. The highest BCUT2D eigenvalue weighted by atomic mass is 35.5. The lowest BCUT2D eigenvalue weighted by Gasteiger charge is -2.12. The summed E-state index contributed by atoms with van der Waals surface area (Å²) in [5.41, 5.74) is 3.59. The van der Waals surface area contributed by atoms with Crippen molar-refractivity contribution >= 4 is 22.5 Å². The lowest BCUT2D eigenvalue weighted by Crippen LogP contribution is -1.98. The summed E-state index contributed by atoms with van der Waals surface area (Å²) in [6.07, 6.45) is 3.16. The second-order valence-electron chi connectivity index (χ2n) is 3.98. The first kappa shape index (κ1) is 11.4. The molecule has 0 fully saturated rings. The Morgan fingerprint density at radius 3 is 2.56 bits per heavy atom. The van der Waals surface area contributed by atoms with Gasteiger partial charge in [0.05, 0.1) is 5.52 Å². The van der Waals surface area contributed by atoms with E-state index in [1.54, 1.807) is 0 Å². The van der Waals surface area contributed by atoms with Crippen LogP contribution in [0.3, 0.4) is 0 Å². The summed E-state index contributed by atoms with van der Waals surface area (Å²) in [6, 6.07) is 8.24. The lowest BCUT2D eigenvalue weighted by molar-refractivity contribution is 0.904. The fourth-order valence-corrected chi connectivity index (χ4v) is 2.52. The predicted octanol–water partition coefficient (Wildman–Crippen LogP) is 4.40. The number of halogens is 1. The zero-order chi connectivity index (χ0) is 11.5. The highest BCUT2D eigenvalue weighted by Crippen LogP contribution is 2.27. The Bertz CT molecular complexity index is 505. The van der Waals surface area contributed by atoms with Crippen molar-refractivity contribution in [2.24, 2.45) is 0 Å². The zero-order valence-electron chi connectivity index (χ0n) is 9.76. The van der Waals surface area contributed by atoms with Gasteiger partial charge in [0.1, 0.15) is 5.15 Å². The number of pyridine rings is 1. The van der Waals surface area contributed by atoms with Crippen LogP contribution in [0.15, 0.2) is 24.3 Å². The molecule has 1 aromatic carbocycles. The molecule has 0 bridgehead atoms. The van der Waals surface area contributed by atoms with Gasteiger partial charge in [0.2, 0.25) is 0 Å². The number of rotatable bonds is 3. The molecule has 0 saturated carbocycles. The van der Waals surface area contributed by atoms with Crippen LogP contribution < -0.4 is 0 Å². The third-order valence-electron chi connectivity index (χ3n) is 2.91. The molecule has 0 aliphatic heterocycles. The van der Waals surface area contributed by atoms with E-state index in [1.807, 2.05) is 12.1 Å². The standard InChI is InChI=1S/C14H16ClN/c1-3-7-11-10(4-2)14(15)16-13-9-6-5-8-12(11)13/h5-6,8-9H,3-4,7H2,1-2H3. The average Bonchev–Trinajstić information content (AvgIpc) is 2.29. The quantitative estimate of drug-likeness (QED) is 0.716. The van der Waals surface area contributed by atoms with Crippen LogP contribution in [0.2, 0.25) is 5.15 Å². The minimum absolute atomic E-state index is 0.671. The summed E-state index contributed by atoms with van der Waals surface area (Å²) in [6.45, 7) is 4.33. The van der Waals surface area contributed by atoms with E-state index >= 15 is 0 Å². The van der Waals surface area contributed by atoms with Gasteiger partial charge in [-0.2, -0.15) is 0 Å². The van der Waals surface area contributed by atoms with Crippen molar-refractivity contribution in [1.29, 1.82) is 0 Å². The van der Waals surface area contributed by atoms with Crippen LogP contribution >= 0.6 is 11.6 Å². The van der Waals surface area contributed by atoms with E-state index in [4.69, 9.17) is 11.6 Å². The molecular formula is C14H16ClN. The van der Waals surface area contributed by atoms with E-state index in [1.165, 1.54) is 16.5 Å². The van der Waals surface area contributed by atoms with Gasteiger partial charge >= 0.3 is 0 Å². The summed E-state index contributed by atoms with van der Waals surface area (Å²) in [4.78, 5) is 4.45. The van der Waals surface area contributed by atoms with Crippen LogP contribution in [0.1, 0.15) is 31.4 Å². The van der Waals surface area contributed by atoms with Crippen molar-refractivity contribution in [1.82, 2.24) is 4.98 Å². The smallest absolute Gasteiger partial charge is 0.133 e. The summed E-state index contributed by atoms with van der Waals surface area (Å²) >= 11 is 6.23. The van der Waals surface area contributed by atoms with Gasteiger partial charge in [-0.3, -0.25) is 0 Å². The normalized spacial score (nSPS) is 10.9. The number of benzene rings is 1. The first-order chi connectivity index (χ1) is 7.77. The monoisotopic (exact) mass is 233 g/mol. The second kappa shape index (κ2) is 4.84. The molecule has 84 valence electrons. The van der Waals surface area contributed by atoms with Crippen LogP contribution in [0.25, 0.3) is 10.9 Å². The Balaban J connectivity index is 2.76. The molecule has 0 saturated heterocycles. The number of para-hydroxylation sites is 1. The van der Waals surface area contributed by atoms with Gasteiger partial charge < -0.3 is 0 Å². The van der Waals surface area contributed by atoms with Gasteiger partial charge in [-0.15, -0.1) is 0 Å². The molecule has 2 aromatic rings. The number of nitrogens with zero attached hydrogens (tertiary/aromatic N) is 1. The summed E-state index contributed by atoms with van der Waals surface area (Å²) in [5.74, 6) is 0. The van der Waals surface area contributed by atoms with Crippen LogP contribution in [-0.2, 0) is 12.8 Å². The molecule has 1 nitrogen and oxygen atoms in total. The Morgan fingerprint density at radius 2 is 1.88 bits per heavy atom. The molecule has 0 N–H and O–H groups in total. The molecule has 0 atom stereocenters. The number of aromatic nitrogens is 1. The van der Waals surface area contributed by atoms with E-state index in [0.717, 1.165) is 24.8 Å². The first-order valence-electron chi connectivity index (χ1n) is 5.83. The molecule has 0 aliphatic carbocycles. The second-order valence-corrected chi connectivity index (χ2v) is 4.34. The minimum Gasteiger partial charge on any atom is -0.236 e. The Hall–Kier alpha value is -1.08. The Morgan fingerprint density at radius 1 is 1.12 bits per heavy atom. The van der Waals surface area contributed by atoms with E-state index in [-0.39, 0.29) is 0 Å². The van der Waals surface area contributed by atoms with E-state index < -0.39 is 0 Å². The minimum atomic E-state index is 0.671. The Kier molecular flexibility index (Phi) is 3.45. The maximum atomic E-state index is 6.23. The van der Waals surface area contributed by atoms with E-state index in [2.05, 4.69) is 31.0 Å². The van der Waals surface area contributed by atoms with Crippen molar-refractivity contribution in [3.05, 3.63) is 40.5 Å². The largest absolute Gasteiger partial charge is 0.236 e. The SMILES string of the molecule is CCCc1c(CC)c(Cl)nc2ccccc12. The highest BCUT2D eigenvalue weighted by Gasteiger charge is 2.11. The van der Waals surface area contributed by atoms with Gasteiger partial charge in [0, 0.05) is 5.39 Å². The maximum absolute atomic E-state index is 6.23. The molecule has 0 radical (unpaired) electrons. The van der Waals surface area contributed by atoms with Gasteiger partial charge in [-0.1, -0.05) is 50.1 Å². The number of hydrogen-bond acceptors (Lipinski definition) is 1. The fraction of sp³-hybridized carbons (Fsp3) is 0.357. The highest BCUT2D eigenvalue weighted by molar-refractivity contribution is 6.30. The average molecular weight is 234 g/mol. The number of aryl methyl sites for hydroxylation is 1. The van der Waals surface area contributed by atoms with Crippen LogP contribution in [0, 0.1) is 0 Å². The number of hydrogen-bond donors (Lipinski definition) is 0. The molecule has 0 spiro atoms. The van der Waals surface area contributed by atoms with Crippen molar-refractivity contribution in [2.45, 2.75) is 33.1 Å². The summed E-state index contributed by atoms with van der Waals surface area (Å²) in [5, 5.41) is 1.93. The molecule has 2 rings (SSSR count). The third kappa shape index (κ3) is 1.92. The van der Waals surface area contributed by atoms with Crippen LogP contribution in [0.5, 0.6) is 0 Å². The van der Waals surface area contributed by atoms with Gasteiger partial charge in [0.25, 0.3) is 0 Å². The van der Waals surface area contributed by atoms with Gasteiger partial charge in [0.15, 0.2) is 0 Å². The molecule has 1 aromatic heterocycles. The van der Waals surface area contributed by atoms with Crippen LogP contribution in [-0.4, -0.2) is 4.98 Å². The molecule has 0 amide bonds. The Labute approximate surface area is 101 Å². The third-order valence-corrected chi connectivity index (χ3v) is 3.23. The summed E-state index contributed by atoms with van der Waals surface area (Å²) < 4.78 is 0. The zero-order valence-corrected chi connectivity index (χ0v) is 10.5. The van der Waals surface area contributed by atoms with Gasteiger partial charge in [-0.25, -0.2) is 4.98 Å². The topological polar surface area (TPSA) is 12.9 Å². The van der Waals surface area contributed by atoms with E-state index in [9.17, 15) is 0 Å². The van der Waals surface area contributed by atoms with Crippen molar-refractivity contribution in [3.63, 3.8) is 0 Å².